The molecule has 0 aromatic carbocycles. The van der Waals surface area contributed by atoms with E-state index in [-0.39, 0.29) is 0 Å². The van der Waals surface area contributed by atoms with E-state index < -0.39 is 11.9 Å². The molecule has 1 aromatic heterocycles. The number of carbonyl (C=O) groups is 1. The number of rotatable bonds is 6. The number of hydrogen-bond donors (Lipinski definition) is 1. The van der Waals surface area contributed by atoms with Crippen molar-refractivity contribution in [2.45, 2.75) is 40.2 Å². The topological polar surface area (TPSA) is 80.9 Å². The van der Waals surface area contributed by atoms with E-state index in [0.29, 0.717) is 25.3 Å². The SMILES string of the molecule is CCc1nnnn1CC(CC(C)C)C(=O)O. The molecule has 0 aliphatic rings. The average Bonchev–Trinajstić information content (AvgIpc) is 2.63. The van der Waals surface area contributed by atoms with Crippen LogP contribution in [0.4, 0.5) is 0 Å². The van der Waals surface area contributed by atoms with Crippen LogP contribution in [0.2, 0.25) is 0 Å². The summed E-state index contributed by atoms with van der Waals surface area (Å²) in [6.07, 6.45) is 1.35. The van der Waals surface area contributed by atoms with E-state index in [2.05, 4.69) is 15.5 Å². The maximum Gasteiger partial charge on any atom is 0.308 e. The summed E-state index contributed by atoms with van der Waals surface area (Å²) in [4.78, 5) is 11.1. The van der Waals surface area contributed by atoms with Gasteiger partial charge in [0.15, 0.2) is 5.82 Å². The van der Waals surface area contributed by atoms with Crippen LogP contribution in [0.3, 0.4) is 0 Å². The van der Waals surface area contributed by atoms with Crippen LogP contribution in [0.5, 0.6) is 0 Å². The zero-order chi connectivity index (χ0) is 12.1. The van der Waals surface area contributed by atoms with Gasteiger partial charge in [-0.2, -0.15) is 0 Å². The Kier molecular flexibility index (Phi) is 4.39. The van der Waals surface area contributed by atoms with Gasteiger partial charge in [-0.1, -0.05) is 20.8 Å². The molecule has 0 radical (unpaired) electrons. The molecule has 0 bridgehead atoms. The summed E-state index contributed by atoms with van der Waals surface area (Å²) >= 11 is 0. The van der Waals surface area contributed by atoms with E-state index >= 15 is 0 Å². The maximum atomic E-state index is 11.1. The highest BCUT2D eigenvalue weighted by molar-refractivity contribution is 5.69. The van der Waals surface area contributed by atoms with E-state index in [1.807, 2.05) is 20.8 Å². The zero-order valence-corrected chi connectivity index (χ0v) is 9.92. The predicted molar refractivity (Wildman–Crippen MR) is 57.8 cm³/mol. The lowest BCUT2D eigenvalue weighted by Crippen LogP contribution is -2.23. The largest absolute Gasteiger partial charge is 0.481 e. The zero-order valence-electron chi connectivity index (χ0n) is 9.92. The summed E-state index contributed by atoms with van der Waals surface area (Å²) in [5.74, 6) is -0.127. The maximum absolute atomic E-state index is 11.1. The van der Waals surface area contributed by atoms with Crippen LogP contribution in [-0.2, 0) is 17.8 Å². The second-order valence-corrected chi connectivity index (χ2v) is 4.30. The van der Waals surface area contributed by atoms with Gasteiger partial charge in [0, 0.05) is 6.42 Å². The molecule has 90 valence electrons. The van der Waals surface area contributed by atoms with Crippen LogP contribution in [0.1, 0.15) is 33.0 Å². The first kappa shape index (κ1) is 12.6. The molecular formula is C10H18N4O2. The average molecular weight is 226 g/mol. The molecule has 0 saturated heterocycles. The number of tetrazole rings is 1. The summed E-state index contributed by atoms with van der Waals surface area (Å²) in [5, 5.41) is 20.3. The first-order valence-electron chi connectivity index (χ1n) is 5.52. The van der Waals surface area contributed by atoms with Gasteiger partial charge in [0.05, 0.1) is 12.5 Å². The fourth-order valence-corrected chi connectivity index (χ4v) is 1.65. The van der Waals surface area contributed by atoms with E-state index in [1.165, 1.54) is 0 Å². The molecule has 0 spiro atoms. The fourth-order valence-electron chi connectivity index (χ4n) is 1.65. The van der Waals surface area contributed by atoms with Crippen LogP contribution in [0, 0.1) is 11.8 Å². The Bertz CT molecular complexity index is 348. The molecule has 1 unspecified atom stereocenters. The van der Waals surface area contributed by atoms with Gasteiger partial charge in [0.1, 0.15) is 0 Å². The number of nitrogens with zero attached hydrogens (tertiary/aromatic N) is 4. The van der Waals surface area contributed by atoms with Crippen molar-refractivity contribution in [3.63, 3.8) is 0 Å². The number of aliphatic carboxylic acids is 1. The summed E-state index contributed by atoms with van der Waals surface area (Å²) < 4.78 is 1.58. The Labute approximate surface area is 94.7 Å². The van der Waals surface area contributed by atoms with Crippen molar-refractivity contribution in [2.24, 2.45) is 11.8 Å². The highest BCUT2D eigenvalue weighted by atomic mass is 16.4. The van der Waals surface area contributed by atoms with Crippen LogP contribution >= 0.6 is 0 Å². The van der Waals surface area contributed by atoms with Gasteiger partial charge in [-0.25, -0.2) is 4.68 Å². The van der Waals surface area contributed by atoms with Crippen molar-refractivity contribution < 1.29 is 9.90 Å². The lowest BCUT2D eigenvalue weighted by molar-refractivity contribution is -0.142. The molecule has 6 heteroatoms. The summed E-state index contributed by atoms with van der Waals surface area (Å²) in [5.41, 5.74) is 0. The van der Waals surface area contributed by atoms with Crippen LogP contribution in [-0.4, -0.2) is 31.3 Å². The van der Waals surface area contributed by atoms with Gasteiger partial charge in [0.2, 0.25) is 0 Å². The first-order valence-corrected chi connectivity index (χ1v) is 5.52. The van der Waals surface area contributed by atoms with Crippen molar-refractivity contribution >= 4 is 5.97 Å². The second kappa shape index (κ2) is 5.58. The normalized spacial score (nSPS) is 13.0. The third kappa shape index (κ3) is 3.29. The summed E-state index contributed by atoms with van der Waals surface area (Å²) in [6, 6.07) is 0. The Balaban J connectivity index is 2.71. The molecule has 0 fully saturated rings. The van der Waals surface area contributed by atoms with Crippen LogP contribution in [0.15, 0.2) is 0 Å². The van der Waals surface area contributed by atoms with Crippen molar-refractivity contribution in [3.05, 3.63) is 5.82 Å². The lowest BCUT2D eigenvalue weighted by Gasteiger charge is -2.14. The quantitative estimate of drug-likeness (QED) is 0.782. The Morgan fingerprint density at radius 2 is 2.19 bits per heavy atom. The number of hydrogen-bond acceptors (Lipinski definition) is 4. The molecule has 1 N–H and O–H groups in total. The minimum absolute atomic E-state index is 0.350. The Morgan fingerprint density at radius 3 is 2.69 bits per heavy atom. The fraction of sp³-hybridized carbons (Fsp3) is 0.800. The standard InChI is InChI=1S/C10H18N4O2/c1-4-9-11-12-13-14(9)6-8(10(15)16)5-7(2)3/h7-8H,4-6H2,1-3H3,(H,15,16). The van der Waals surface area contributed by atoms with Gasteiger partial charge in [-0.3, -0.25) is 4.79 Å². The molecule has 16 heavy (non-hydrogen) atoms. The monoisotopic (exact) mass is 226 g/mol. The van der Waals surface area contributed by atoms with E-state index in [4.69, 9.17) is 5.11 Å². The highest BCUT2D eigenvalue weighted by Crippen LogP contribution is 2.14. The van der Waals surface area contributed by atoms with Crippen molar-refractivity contribution in [1.29, 1.82) is 0 Å². The lowest BCUT2D eigenvalue weighted by atomic mass is 9.97. The summed E-state index contributed by atoms with van der Waals surface area (Å²) in [6.45, 7) is 6.32. The van der Waals surface area contributed by atoms with Crippen molar-refractivity contribution in [3.8, 4) is 0 Å². The van der Waals surface area contributed by atoms with Gasteiger partial charge >= 0.3 is 5.97 Å². The molecule has 1 atom stereocenters. The molecule has 0 amide bonds. The predicted octanol–water partition coefficient (Wildman–Crippen LogP) is 0.982. The van der Waals surface area contributed by atoms with Gasteiger partial charge in [0.25, 0.3) is 0 Å². The van der Waals surface area contributed by atoms with Crippen LogP contribution < -0.4 is 0 Å². The molecule has 0 aliphatic carbocycles. The van der Waals surface area contributed by atoms with Crippen LogP contribution in [0.25, 0.3) is 0 Å². The third-order valence-electron chi connectivity index (χ3n) is 2.42. The molecule has 1 aromatic rings. The molecule has 1 heterocycles. The highest BCUT2D eigenvalue weighted by Gasteiger charge is 2.21. The smallest absolute Gasteiger partial charge is 0.308 e. The van der Waals surface area contributed by atoms with Gasteiger partial charge in [-0.05, 0) is 22.8 Å². The summed E-state index contributed by atoms with van der Waals surface area (Å²) in [7, 11) is 0. The molecule has 0 aliphatic heterocycles. The molecule has 0 saturated carbocycles. The van der Waals surface area contributed by atoms with E-state index in [9.17, 15) is 4.79 Å². The number of carboxylic acids is 1. The Hall–Kier alpha value is -1.46. The second-order valence-electron chi connectivity index (χ2n) is 4.30. The molecule has 1 rings (SSSR count). The van der Waals surface area contributed by atoms with E-state index in [1.54, 1.807) is 4.68 Å². The van der Waals surface area contributed by atoms with Gasteiger partial charge < -0.3 is 5.11 Å². The number of aromatic nitrogens is 4. The van der Waals surface area contributed by atoms with E-state index in [0.717, 1.165) is 5.82 Å². The van der Waals surface area contributed by atoms with Crippen molar-refractivity contribution in [2.75, 3.05) is 0 Å². The first-order chi connectivity index (χ1) is 7.54. The van der Waals surface area contributed by atoms with Crippen molar-refractivity contribution in [1.82, 2.24) is 20.2 Å². The number of aryl methyl sites for hydroxylation is 1. The molecular weight excluding hydrogens is 208 g/mol. The minimum atomic E-state index is -0.786. The number of carboxylic acid groups (broad SMARTS) is 1. The minimum Gasteiger partial charge on any atom is -0.481 e. The Morgan fingerprint density at radius 1 is 1.50 bits per heavy atom. The third-order valence-corrected chi connectivity index (χ3v) is 2.42. The molecule has 6 nitrogen and oxygen atoms in total. The van der Waals surface area contributed by atoms with Gasteiger partial charge in [-0.15, -0.1) is 5.10 Å².